The van der Waals surface area contributed by atoms with Crippen molar-refractivity contribution >= 4 is 0 Å². The van der Waals surface area contributed by atoms with Gasteiger partial charge in [-0.3, -0.25) is 0 Å². The van der Waals surface area contributed by atoms with Gasteiger partial charge in [0.05, 0.1) is 39.8 Å². The van der Waals surface area contributed by atoms with Crippen molar-refractivity contribution in [3.63, 3.8) is 0 Å². The maximum Gasteiger partial charge on any atom is 0.123 e. The van der Waals surface area contributed by atoms with E-state index in [1.807, 2.05) is 42.5 Å². The summed E-state index contributed by atoms with van der Waals surface area (Å²) in [5, 5.41) is 0. The van der Waals surface area contributed by atoms with Gasteiger partial charge in [0.25, 0.3) is 0 Å². The summed E-state index contributed by atoms with van der Waals surface area (Å²) in [5.41, 5.74) is 3.27. The number of ether oxygens (including phenoxy) is 4. The van der Waals surface area contributed by atoms with Crippen molar-refractivity contribution in [3.8, 4) is 45.5 Å². The topological polar surface area (TPSA) is 62.7 Å². The lowest BCUT2D eigenvalue weighted by Gasteiger charge is -2.10. The van der Waals surface area contributed by atoms with Crippen LogP contribution >= 0.6 is 0 Å². The summed E-state index contributed by atoms with van der Waals surface area (Å²) in [5.74, 6) is 2.79. The van der Waals surface area contributed by atoms with Crippen LogP contribution in [0.5, 0.6) is 23.0 Å². The van der Waals surface area contributed by atoms with E-state index < -0.39 is 0 Å². The average molecular weight is 352 g/mol. The number of hydrogen-bond acceptors (Lipinski definition) is 6. The third kappa shape index (κ3) is 3.69. The lowest BCUT2D eigenvalue weighted by molar-refractivity contribution is 0.394. The molecule has 0 saturated carbocycles. The van der Waals surface area contributed by atoms with Crippen LogP contribution < -0.4 is 18.9 Å². The zero-order valence-corrected chi connectivity index (χ0v) is 15.1. The van der Waals surface area contributed by atoms with E-state index in [0.717, 1.165) is 22.5 Å². The molecule has 0 unspecified atom stereocenters. The molecule has 0 atom stereocenters. The van der Waals surface area contributed by atoms with Gasteiger partial charge in [0, 0.05) is 23.3 Å². The fourth-order valence-corrected chi connectivity index (χ4v) is 2.58. The van der Waals surface area contributed by atoms with Crippen molar-refractivity contribution in [2.24, 2.45) is 0 Å². The third-order valence-electron chi connectivity index (χ3n) is 3.96. The number of nitrogens with zero attached hydrogens (tertiary/aromatic N) is 2. The Morgan fingerprint density at radius 2 is 0.846 bits per heavy atom. The monoisotopic (exact) mass is 352 g/mol. The maximum atomic E-state index is 5.34. The lowest BCUT2D eigenvalue weighted by Crippen LogP contribution is -1.93. The minimum Gasteiger partial charge on any atom is -0.497 e. The summed E-state index contributed by atoms with van der Waals surface area (Å²) in [6.45, 7) is 0. The molecule has 1 heterocycles. The second-order valence-corrected chi connectivity index (χ2v) is 5.49. The van der Waals surface area contributed by atoms with E-state index >= 15 is 0 Å². The minimum atomic E-state index is 0.697. The first kappa shape index (κ1) is 17.5. The Morgan fingerprint density at radius 3 is 1.15 bits per heavy atom. The van der Waals surface area contributed by atoms with E-state index in [2.05, 4.69) is 9.97 Å². The van der Waals surface area contributed by atoms with Gasteiger partial charge in [-0.2, -0.15) is 0 Å². The van der Waals surface area contributed by atoms with E-state index in [-0.39, 0.29) is 0 Å². The fourth-order valence-electron chi connectivity index (χ4n) is 2.58. The molecule has 0 saturated heterocycles. The van der Waals surface area contributed by atoms with Crippen molar-refractivity contribution in [2.75, 3.05) is 28.4 Å². The first-order chi connectivity index (χ1) is 12.7. The molecular weight excluding hydrogens is 332 g/mol. The summed E-state index contributed by atoms with van der Waals surface area (Å²) in [6.07, 6.45) is 1.53. The van der Waals surface area contributed by atoms with Crippen LogP contribution in [-0.2, 0) is 0 Å². The first-order valence-electron chi connectivity index (χ1n) is 7.95. The van der Waals surface area contributed by atoms with Gasteiger partial charge in [0.15, 0.2) is 0 Å². The van der Waals surface area contributed by atoms with Crippen LogP contribution in [0.2, 0.25) is 0 Å². The lowest BCUT2D eigenvalue weighted by atomic mass is 10.1. The molecule has 0 spiro atoms. The van der Waals surface area contributed by atoms with Crippen molar-refractivity contribution < 1.29 is 18.9 Å². The largest absolute Gasteiger partial charge is 0.497 e. The molecule has 0 amide bonds. The minimum absolute atomic E-state index is 0.697. The Morgan fingerprint density at radius 1 is 0.500 bits per heavy atom. The number of rotatable bonds is 6. The quantitative estimate of drug-likeness (QED) is 0.672. The van der Waals surface area contributed by atoms with Crippen LogP contribution in [0.1, 0.15) is 0 Å². The average Bonchev–Trinajstić information content (AvgIpc) is 2.72. The predicted octanol–water partition coefficient (Wildman–Crippen LogP) is 3.85. The smallest absolute Gasteiger partial charge is 0.123 e. The van der Waals surface area contributed by atoms with Gasteiger partial charge in [-0.05, 0) is 30.3 Å². The Balaban J connectivity index is 2.07. The third-order valence-corrected chi connectivity index (χ3v) is 3.96. The zero-order chi connectivity index (χ0) is 18.5. The number of aromatic nitrogens is 2. The molecule has 0 N–H and O–H groups in total. The Labute approximate surface area is 152 Å². The summed E-state index contributed by atoms with van der Waals surface area (Å²) < 4.78 is 21.4. The molecule has 6 heteroatoms. The SMILES string of the molecule is COc1cc(OC)cc(-c2cc(-c3cc(OC)cc(OC)c3)ncn2)c1. The zero-order valence-electron chi connectivity index (χ0n) is 15.1. The molecule has 0 aliphatic carbocycles. The number of hydrogen-bond donors (Lipinski definition) is 0. The molecule has 6 nitrogen and oxygen atoms in total. The van der Waals surface area contributed by atoms with Crippen molar-refractivity contribution in [3.05, 3.63) is 48.8 Å². The van der Waals surface area contributed by atoms with Gasteiger partial charge in [-0.1, -0.05) is 0 Å². The highest BCUT2D eigenvalue weighted by molar-refractivity contribution is 5.71. The van der Waals surface area contributed by atoms with Gasteiger partial charge in [0.2, 0.25) is 0 Å². The maximum absolute atomic E-state index is 5.34. The van der Waals surface area contributed by atoms with Gasteiger partial charge < -0.3 is 18.9 Å². The second-order valence-electron chi connectivity index (χ2n) is 5.49. The molecule has 0 radical (unpaired) electrons. The van der Waals surface area contributed by atoms with Crippen LogP contribution in [0.15, 0.2) is 48.8 Å². The summed E-state index contributed by atoms with van der Waals surface area (Å²) in [4.78, 5) is 8.77. The van der Waals surface area contributed by atoms with E-state index in [1.54, 1.807) is 28.4 Å². The first-order valence-corrected chi connectivity index (χ1v) is 7.95. The molecule has 0 bridgehead atoms. The molecule has 134 valence electrons. The van der Waals surface area contributed by atoms with Crippen molar-refractivity contribution in [2.45, 2.75) is 0 Å². The molecule has 3 aromatic rings. The molecule has 1 aromatic heterocycles. The van der Waals surface area contributed by atoms with Crippen LogP contribution in [0.4, 0.5) is 0 Å². The van der Waals surface area contributed by atoms with E-state index in [0.29, 0.717) is 23.0 Å². The highest BCUT2D eigenvalue weighted by atomic mass is 16.5. The van der Waals surface area contributed by atoms with E-state index in [1.165, 1.54) is 6.33 Å². The standard InChI is InChI=1S/C20H20N2O4/c1-23-15-5-13(6-16(9-15)24-2)19-11-20(22-12-21-19)14-7-17(25-3)10-18(8-14)26-4/h5-12H,1-4H3. The number of benzene rings is 2. The van der Waals surface area contributed by atoms with Gasteiger partial charge in [0.1, 0.15) is 29.3 Å². The molecule has 0 aliphatic rings. The summed E-state index contributed by atoms with van der Waals surface area (Å²) in [6, 6.07) is 13.2. The summed E-state index contributed by atoms with van der Waals surface area (Å²) >= 11 is 0. The molecule has 2 aromatic carbocycles. The predicted molar refractivity (Wildman–Crippen MR) is 99.1 cm³/mol. The van der Waals surface area contributed by atoms with E-state index in [4.69, 9.17) is 18.9 Å². The normalized spacial score (nSPS) is 10.3. The van der Waals surface area contributed by atoms with Crippen LogP contribution in [-0.4, -0.2) is 38.4 Å². The Bertz CT molecular complexity index is 797. The fraction of sp³-hybridized carbons (Fsp3) is 0.200. The summed E-state index contributed by atoms with van der Waals surface area (Å²) in [7, 11) is 6.47. The van der Waals surface area contributed by atoms with Crippen LogP contribution in [0.3, 0.4) is 0 Å². The highest BCUT2D eigenvalue weighted by Crippen LogP contribution is 2.32. The molecule has 3 rings (SSSR count). The van der Waals surface area contributed by atoms with Gasteiger partial charge >= 0.3 is 0 Å². The molecule has 0 fully saturated rings. The molecule has 26 heavy (non-hydrogen) atoms. The van der Waals surface area contributed by atoms with Crippen molar-refractivity contribution in [1.82, 2.24) is 9.97 Å². The second kappa shape index (κ2) is 7.74. The van der Waals surface area contributed by atoms with Crippen LogP contribution in [0, 0.1) is 0 Å². The Hall–Kier alpha value is -3.28. The van der Waals surface area contributed by atoms with Crippen LogP contribution in [0.25, 0.3) is 22.5 Å². The van der Waals surface area contributed by atoms with Gasteiger partial charge in [-0.15, -0.1) is 0 Å². The molecular formula is C20H20N2O4. The molecule has 0 aliphatic heterocycles. The number of methoxy groups -OCH3 is 4. The highest BCUT2D eigenvalue weighted by Gasteiger charge is 2.10. The Kier molecular flexibility index (Phi) is 5.22. The van der Waals surface area contributed by atoms with Gasteiger partial charge in [-0.25, -0.2) is 9.97 Å². The van der Waals surface area contributed by atoms with Crippen molar-refractivity contribution in [1.29, 1.82) is 0 Å². The van der Waals surface area contributed by atoms with E-state index in [9.17, 15) is 0 Å².